The van der Waals surface area contributed by atoms with Gasteiger partial charge in [-0.15, -0.1) is 0 Å². The summed E-state index contributed by atoms with van der Waals surface area (Å²) in [5, 5.41) is 3.12. The molecule has 0 unspecified atom stereocenters. The van der Waals surface area contributed by atoms with Gasteiger partial charge in [0.05, 0.1) is 11.5 Å². The molecule has 1 fully saturated rings. The number of amides is 1. The molecule has 1 aliphatic rings. The van der Waals surface area contributed by atoms with Gasteiger partial charge in [-0.05, 0) is 56.0 Å². The molecule has 0 aliphatic heterocycles. The largest absolute Gasteiger partial charge is 0.494 e. The molecule has 1 saturated carbocycles. The third-order valence-electron chi connectivity index (χ3n) is 5.79. The summed E-state index contributed by atoms with van der Waals surface area (Å²) in [4.78, 5) is 13.3. The van der Waals surface area contributed by atoms with Crippen molar-refractivity contribution >= 4 is 15.9 Å². The Kier molecular flexibility index (Phi) is 9.11. The Hall–Kier alpha value is -2.38. The number of ether oxygens (including phenoxy) is 1. The minimum atomic E-state index is -3.88. The average molecular weight is 459 g/mol. The van der Waals surface area contributed by atoms with Crippen molar-refractivity contribution in [3.05, 3.63) is 60.2 Å². The van der Waals surface area contributed by atoms with Crippen molar-refractivity contribution in [3.8, 4) is 5.75 Å². The third kappa shape index (κ3) is 7.35. The van der Waals surface area contributed by atoms with E-state index in [0.29, 0.717) is 12.4 Å². The van der Waals surface area contributed by atoms with E-state index in [1.807, 2.05) is 37.3 Å². The van der Waals surface area contributed by atoms with Gasteiger partial charge >= 0.3 is 0 Å². The van der Waals surface area contributed by atoms with E-state index in [4.69, 9.17) is 4.74 Å². The van der Waals surface area contributed by atoms with E-state index in [1.54, 1.807) is 12.1 Å². The van der Waals surface area contributed by atoms with Crippen LogP contribution in [0.25, 0.3) is 0 Å². The molecule has 0 spiro atoms. The molecule has 2 aromatic rings. The normalized spacial score (nSPS) is 16.5. The van der Waals surface area contributed by atoms with Crippen LogP contribution in [0.4, 0.5) is 0 Å². The first kappa shape index (κ1) is 24.3. The van der Waals surface area contributed by atoms with E-state index >= 15 is 0 Å². The first-order valence-electron chi connectivity index (χ1n) is 11.6. The zero-order valence-corrected chi connectivity index (χ0v) is 19.6. The van der Waals surface area contributed by atoms with Crippen LogP contribution in [-0.4, -0.2) is 33.0 Å². The Morgan fingerprint density at radius 3 is 2.22 bits per heavy atom. The van der Waals surface area contributed by atoms with Gasteiger partial charge < -0.3 is 10.1 Å². The maximum atomic E-state index is 13.2. The fourth-order valence-corrected chi connectivity index (χ4v) is 5.27. The third-order valence-corrected chi connectivity index (χ3v) is 7.28. The standard InChI is InChI=1S/C25H34N2O4S/c1-2-31-22-15-17-23(18-16-22)32(29,30)27-24(19-20-11-7-6-8-12-20)25(28)26-21-13-9-4-3-5-10-14-21/h6-8,11-12,15-18,21,24,27H,2-5,9-10,13-14,19H2,1H3,(H,26,28)/t24-/m1/s1. The molecule has 174 valence electrons. The smallest absolute Gasteiger partial charge is 0.241 e. The Balaban J connectivity index is 1.76. The van der Waals surface area contributed by atoms with Gasteiger partial charge in [0.15, 0.2) is 0 Å². The number of sulfonamides is 1. The zero-order valence-electron chi connectivity index (χ0n) is 18.8. The molecular weight excluding hydrogens is 424 g/mol. The van der Waals surface area contributed by atoms with E-state index in [2.05, 4.69) is 10.0 Å². The Labute approximate surface area is 191 Å². The molecular formula is C25H34N2O4S. The molecule has 2 aromatic carbocycles. The summed E-state index contributed by atoms with van der Waals surface area (Å²) in [6.45, 7) is 2.37. The number of hydrogen-bond acceptors (Lipinski definition) is 4. The summed E-state index contributed by atoms with van der Waals surface area (Å²) >= 11 is 0. The van der Waals surface area contributed by atoms with Gasteiger partial charge in [-0.2, -0.15) is 4.72 Å². The number of rotatable bonds is 9. The lowest BCUT2D eigenvalue weighted by Crippen LogP contribution is -2.50. The van der Waals surface area contributed by atoms with Crippen LogP contribution < -0.4 is 14.8 Å². The second-order valence-electron chi connectivity index (χ2n) is 8.32. The van der Waals surface area contributed by atoms with E-state index in [9.17, 15) is 13.2 Å². The molecule has 32 heavy (non-hydrogen) atoms. The summed E-state index contributed by atoms with van der Waals surface area (Å²) in [5.41, 5.74) is 0.903. The highest BCUT2D eigenvalue weighted by Crippen LogP contribution is 2.19. The molecule has 1 amide bonds. The fraction of sp³-hybridized carbons (Fsp3) is 0.480. The van der Waals surface area contributed by atoms with Crippen molar-refractivity contribution < 1.29 is 17.9 Å². The highest BCUT2D eigenvalue weighted by molar-refractivity contribution is 7.89. The van der Waals surface area contributed by atoms with Crippen LogP contribution in [0.15, 0.2) is 59.5 Å². The minimum absolute atomic E-state index is 0.0936. The molecule has 6 nitrogen and oxygen atoms in total. The van der Waals surface area contributed by atoms with Gasteiger partial charge in [-0.1, -0.05) is 62.4 Å². The topological polar surface area (TPSA) is 84.5 Å². The van der Waals surface area contributed by atoms with Gasteiger partial charge in [0.1, 0.15) is 11.8 Å². The van der Waals surface area contributed by atoms with Gasteiger partial charge in [0.2, 0.25) is 15.9 Å². The molecule has 1 aliphatic carbocycles. The maximum absolute atomic E-state index is 13.2. The Morgan fingerprint density at radius 1 is 0.969 bits per heavy atom. The molecule has 0 radical (unpaired) electrons. The molecule has 3 rings (SSSR count). The second-order valence-corrected chi connectivity index (χ2v) is 10.0. The van der Waals surface area contributed by atoms with Crippen LogP contribution in [0, 0.1) is 0 Å². The van der Waals surface area contributed by atoms with Crippen LogP contribution in [0.2, 0.25) is 0 Å². The second kappa shape index (κ2) is 12.0. The number of nitrogens with one attached hydrogen (secondary N) is 2. The lowest BCUT2D eigenvalue weighted by molar-refractivity contribution is -0.123. The number of carbonyl (C=O) groups is 1. The monoisotopic (exact) mass is 458 g/mol. The predicted molar refractivity (Wildman–Crippen MR) is 126 cm³/mol. The minimum Gasteiger partial charge on any atom is -0.494 e. The lowest BCUT2D eigenvalue weighted by atomic mass is 9.96. The highest BCUT2D eigenvalue weighted by Gasteiger charge is 2.27. The molecule has 2 N–H and O–H groups in total. The van der Waals surface area contributed by atoms with Gasteiger partial charge in [0.25, 0.3) is 0 Å². The summed E-state index contributed by atoms with van der Waals surface area (Å²) in [7, 11) is -3.88. The fourth-order valence-electron chi connectivity index (χ4n) is 4.08. The first-order valence-corrected chi connectivity index (χ1v) is 13.1. The Bertz CT molecular complexity index is 938. The van der Waals surface area contributed by atoms with E-state index < -0.39 is 16.1 Å². The Morgan fingerprint density at radius 2 is 1.59 bits per heavy atom. The number of benzene rings is 2. The zero-order chi connectivity index (χ0) is 22.8. The van der Waals surface area contributed by atoms with Gasteiger partial charge in [0, 0.05) is 6.04 Å². The molecule has 0 heterocycles. The van der Waals surface area contributed by atoms with Crippen LogP contribution in [0.5, 0.6) is 5.75 Å². The van der Waals surface area contributed by atoms with E-state index in [0.717, 1.165) is 31.2 Å². The van der Waals surface area contributed by atoms with Crippen molar-refractivity contribution in [2.45, 2.75) is 75.3 Å². The van der Waals surface area contributed by atoms with Crippen molar-refractivity contribution in [3.63, 3.8) is 0 Å². The first-order chi connectivity index (χ1) is 15.5. The van der Waals surface area contributed by atoms with E-state index in [1.165, 1.54) is 31.4 Å². The SMILES string of the molecule is CCOc1ccc(S(=O)(=O)N[C@H](Cc2ccccc2)C(=O)NC2CCCCCCC2)cc1. The lowest BCUT2D eigenvalue weighted by Gasteiger charge is -2.25. The van der Waals surface area contributed by atoms with Crippen LogP contribution in [-0.2, 0) is 21.2 Å². The van der Waals surface area contributed by atoms with Gasteiger partial charge in [-0.3, -0.25) is 4.79 Å². The summed E-state index contributed by atoms with van der Waals surface area (Å²) in [5.74, 6) is 0.336. The molecule has 0 aromatic heterocycles. The summed E-state index contributed by atoms with van der Waals surface area (Å²) < 4.78 is 34.2. The quantitative estimate of drug-likeness (QED) is 0.590. The van der Waals surface area contributed by atoms with Crippen molar-refractivity contribution in [2.24, 2.45) is 0 Å². The average Bonchev–Trinajstić information content (AvgIpc) is 2.76. The maximum Gasteiger partial charge on any atom is 0.241 e. The number of hydrogen-bond donors (Lipinski definition) is 2. The van der Waals surface area contributed by atoms with Crippen LogP contribution in [0.1, 0.15) is 57.4 Å². The van der Waals surface area contributed by atoms with Crippen LogP contribution in [0.3, 0.4) is 0 Å². The molecule has 0 bridgehead atoms. The molecule has 1 atom stereocenters. The predicted octanol–water partition coefficient (Wildman–Crippen LogP) is 4.20. The van der Waals surface area contributed by atoms with E-state index in [-0.39, 0.29) is 23.3 Å². The molecule has 7 heteroatoms. The highest BCUT2D eigenvalue weighted by atomic mass is 32.2. The van der Waals surface area contributed by atoms with Crippen molar-refractivity contribution in [1.82, 2.24) is 10.0 Å². The van der Waals surface area contributed by atoms with Gasteiger partial charge in [-0.25, -0.2) is 8.42 Å². The van der Waals surface area contributed by atoms with Crippen LogP contribution >= 0.6 is 0 Å². The van der Waals surface area contributed by atoms with Crippen molar-refractivity contribution in [1.29, 1.82) is 0 Å². The molecule has 0 saturated heterocycles. The summed E-state index contributed by atoms with van der Waals surface area (Å²) in [6, 6.07) is 14.9. The summed E-state index contributed by atoms with van der Waals surface area (Å²) in [6.07, 6.45) is 7.96. The van der Waals surface area contributed by atoms with Crippen molar-refractivity contribution in [2.75, 3.05) is 6.61 Å². The number of carbonyl (C=O) groups excluding carboxylic acids is 1.